The van der Waals surface area contributed by atoms with Crippen LogP contribution < -0.4 is 5.32 Å². The first kappa shape index (κ1) is 12.5. The molecule has 1 atom stereocenters. The van der Waals surface area contributed by atoms with Crippen molar-refractivity contribution in [1.82, 2.24) is 0 Å². The van der Waals surface area contributed by atoms with Crippen LogP contribution in [-0.2, 0) is 0 Å². The van der Waals surface area contributed by atoms with Crippen molar-refractivity contribution in [2.24, 2.45) is 0 Å². The van der Waals surface area contributed by atoms with E-state index in [-0.39, 0.29) is 6.04 Å². The summed E-state index contributed by atoms with van der Waals surface area (Å²) in [4.78, 5) is 0. The molecule has 0 saturated heterocycles. The Hall–Kier alpha value is -2.54. The Morgan fingerprint density at radius 3 is 2.30 bits per heavy atom. The molecule has 3 aromatic rings. The number of fused-ring (bicyclic) bond motifs is 1. The van der Waals surface area contributed by atoms with Gasteiger partial charge < -0.3 is 5.32 Å². The van der Waals surface area contributed by atoms with Gasteiger partial charge in [0, 0.05) is 11.1 Å². The van der Waals surface area contributed by atoms with Crippen LogP contribution in [-0.4, -0.2) is 0 Å². The van der Waals surface area contributed by atoms with Crippen molar-refractivity contribution in [2.45, 2.75) is 6.04 Å². The molecule has 1 N–H and O–H groups in total. The van der Waals surface area contributed by atoms with Gasteiger partial charge in [-0.25, -0.2) is 0 Å². The van der Waals surface area contributed by atoms with Gasteiger partial charge in [0.15, 0.2) is 0 Å². The summed E-state index contributed by atoms with van der Waals surface area (Å²) >= 11 is 0. The van der Waals surface area contributed by atoms with Crippen molar-refractivity contribution in [3.8, 4) is 0 Å². The average molecular weight is 259 g/mol. The summed E-state index contributed by atoms with van der Waals surface area (Å²) in [5.74, 6) is 0. The largest absolute Gasteiger partial charge is 0.374 e. The first-order valence-corrected chi connectivity index (χ1v) is 6.80. The maximum absolute atomic E-state index is 3.95. The van der Waals surface area contributed by atoms with E-state index in [1.165, 1.54) is 16.3 Å². The van der Waals surface area contributed by atoms with Crippen LogP contribution in [0, 0.1) is 0 Å². The van der Waals surface area contributed by atoms with E-state index in [0.29, 0.717) is 0 Å². The summed E-state index contributed by atoms with van der Waals surface area (Å²) in [6.45, 7) is 3.95. The van der Waals surface area contributed by atoms with Gasteiger partial charge in [-0.15, -0.1) is 6.58 Å². The van der Waals surface area contributed by atoms with Crippen molar-refractivity contribution in [3.05, 3.63) is 91.0 Å². The van der Waals surface area contributed by atoms with E-state index >= 15 is 0 Å². The summed E-state index contributed by atoms with van der Waals surface area (Å²) in [7, 11) is 0. The van der Waals surface area contributed by atoms with Crippen LogP contribution in [0.5, 0.6) is 0 Å². The van der Waals surface area contributed by atoms with Crippen LogP contribution in [0.15, 0.2) is 85.5 Å². The number of hydrogen-bond acceptors (Lipinski definition) is 1. The van der Waals surface area contributed by atoms with E-state index in [9.17, 15) is 0 Å². The fourth-order valence-electron chi connectivity index (χ4n) is 2.46. The van der Waals surface area contributed by atoms with Gasteiger partial charge in [-0.3, -0.25) is 0 Å². The van der Waals surface area contributed by atoms with Gasteiger partial charge in [0.25, 0.3) is 0 Å². The molecule has 0 aliphatic carbocycles. The molecule has 3 rings (SSSR count). The predicted octanol–water partition coefficient (Wildman–Crippen LogP) is 5.18. The molecule has 3 aromatic carbocycles. The highest BCUT2D eigenvalue weighted by Crippen LogP contribution is 2.27. The van der Waals surface area contributed by atoms with Gasteiger partial charge >= 0.3 is 0 Å². The van der Waals surface area contributed by atoms with Crippen LogP contribution in [0.3, 0.4) is 0 Å². The minimum atomic E-state index is 0.113. The number of nitrogens with one attached hydrogen (secondary N) is 1. The molecule has 98 valence electrons. The summed E-state index contributed by atoms with van der Waals surface area (Å²) in [5.41, 5.74) is 2.35. The first-order valence-electron chi connectivity index (χ1n) is 6.80. The average Bonchev–Trinajstić information content (AvgIpc) is 2.53. The second-order valence-electron chi connectivity index (χ2n) is 4.80. The Morgan fingerprint density at radius 1 is 0.800 bits per heavy atom. The van der Waals surface area contributed by atoms with Gasteiger partial charge in [-0.2, -0.15) is 0 Å². The summed E-state index contributed by atoms with van der Waals surface area (Å²) in [6.07, 6.45) is 1.94. The molecule has 20 heavy (non-hydrogen) atoms. The van der Waals surface area contributed by atoms with E-state index in [1.807, 2.05) is 12.1 Å². The van der Waals surface area contributed by atoms with E-state index < -0.39 is 0 Å². The summed E-state index contributed by atoms with van der Waals surface area (Å²) in [6, 6.07) is 25.2. The van der Waals surface area contributed by atoms with Crippen LogP contribution in [0.1, 0.15) is 11.6 Å². The smallest absolute Gasteiger partial charge is 0.0695 e. The predicted molar refractivity (Wildman–Crippen MR) is 87.0 cm³/mol. The monoisotopic (exact) mass is 259 g/mol. The van der Waals surface area contributed by atoms with E-state index in [4.69, 9.17) is 0 Å². The maximum Gasteiger partial charge on any atom is 0.0695 e. The minimum absolute atomic E-state index is 0.113. The standard InChI is InChI=1S/C19H17N/c1-2-18(16-10-4-3-5-11-16)20-19-14-8-12-15-9-6-7-13-17(15)19/h2-14,18,20H,1H2. The van der Waals surface area contributed by atoms with Gasteiger partial charge in [0.05, 0.1) is 6.04 Å². The molecule has 0 spiro atoms. The molecular formula is C19H17N. The highest BCUT2D eigenvalue weighted by atomic mass is 14.9. The fraction of sp³-hybridized carbons (Fsp3) is 0.0526. The molecule has 0 fully saturated rings. The molecular weight excluding hydrogens is 242 g/mol. The van der Waals surface area contributed by atoms with Crippen molar-refractivity contribution < 1.29 is 0 Å². The summed E-state index contributed by atoms with van der Waals surface area (Å²) < 4.78 is 0. The van der Waals surface area contributed by atoms with Gasteiger partial charge in [-0.1, -0.05) is 72.8 Å². The Bertz CT molecular complexity index is 711. The number of rotatable bonds is 4. The van der Waals surface area contributed by atoms with Gasteiger partial charge in [-0.05, 0) is 17.0 Å². The Morgan fingerprint density at radius 2 is 1.50 bits per heavy atom. The zero-order valence-electron chi connectivity index (χ0n) is 11.3. The van der Waals surface area contributed by atoms with Crippen molar-refractivity contribution >= 4 is 16.5 Å². The second-order valence-corrected chi connectivity index (χ2v) is 4.80. The summed E-state index contributed by atoms with van der Waals surface area (Å²) in [5, 5.41) is 6.05. The second kappa shape index (κ2) is 5.62. The number of anilines is 1. The molecule has 1 nitrogen and oxygen atoms in total. The normalized spacial score (nSPS) is 12.0. The highest BCUT2D eigenvalue weighted by molar-refractivity contribution is 5.94. The molecule has 0 heterocycles. The van der Waals surface area contributed by atoms with Gasteiger partial charge in [0.1, 0.15) is 0 Å². The van der Waals surface area contributed by atoms with Crippen molar-refractivity contribution in [1.29, 1.82) is 0 Å². The third-order valence-corrected chi connectivity index (χ3v) is 3.50. The molecule has 0 aliphatic heterocycles. The molecule has 0 radical (unpaired) electrons. The van der Waals surface area contributed by atoms with Crippen LogP contribution in [0.2, 0.25) is 0 Å². The topological polar surface area (TPSA) is 12.0 Å². The van der Waals surface area contributed by atoms with E-state index in [2.05, 4.69) is 78.6 Å². The third kappa shape index (κ3) is 2.43. The molecule has 0 aliphatic rings. The molecule has 0 aromatic heterocycles. The number of hydrogen-bond donors (Lipinski definition) is 1. The van der Waals surface area contributed by atoms with Gasteiger partial charge in [0.2, 0.25) is 0 Å². The van der Waals surface area contributed by atoms with Crippen molar-refractivity contribution in [2.75, 3.05) is 5.32 Å². The van der Waals surface area contributed by atoms with Crippen LogP contribution >= 0.6 is 0 Å². The zero-order valence-corrected chi connectivity index (χ0v) is 11.3. The Balaban J connectivity index is 1.98. The lowest BCUT2D eigenvalue weighted by atomic mass is 10.0. The van der Waals surface area contributed by atoms with E-state index in [1.54, 1.807) is 0 Å². The lowest BCUT2D eigenvalue weighted by Crippen LogP contribution is -2.07. The third-order valence-electron chi connectivity index (χ3n) is 3.50. The molecule has 1 heteroatoms. The molecule has 1 unspecified atom stereocenters. The van der Waals surface area contributed by atoms with Crippen LogP contribution in [0.4, 0.5) is 5.69 Å². The quantitative estimate of drug-likeness (QED) is 0.637. The molecule has 0 bridgehead atoms. The Labute approximate surface area is 119 Å². The first-order chi connectivity index (χ1) is 9.88. The molecule has 0 saturated carbocycles. The lowest BCUT2D eigenvalue weighted by molar-refractivity contribution is 0.991. The Kier molecular flexibility index (Phi) is 3.51. The minimum Gasteiger partial charge on any atom is -0.374 e. The zero-order chi connectivity index (χ0) is 13.8. The molecule has 0 amide bonds. The highest BCUT2D eigenvalue weighted by Gasteiger charge is 2.08. The van der Waals surface area contributed by atoms with Crippen molar-refractivity contribution in [3.63, 3.8) is 0 Å². The fourth-order valence-corrected chi connectivity index (χ4v) is 2.46. The van der Waals surface area contributed by atoms with Crippen LogP contribution in [0.25, 0.3) is 10.8 Å². The number of benzene rings is 3. The lowest BCUT2D eigenvalue weighted by Gasteiger charge is -2.18. The maximum atomic E-state index is 3.95. The van der Waals surface area contributed by atoms with E-state index in [0.717, 1.165) is 5.69 Å². The SMILES string of the molecule is C=CC(Nc1cccc2ccccc12)c1ccccc1.